The van der Waals surface area contributed by atoms with Crippen LogP contribution in [0.5, 0.6) is 0 Å². The minimum Gasteiger partial charge on any atom is -0.441 e. The maximum Gasteiger partial charge on any atom is 0.416 e. The average Bonchev–Trinajstić information content (AvgIpc) is 3.33. The summed E-state index contributed by atoms with van der Waals surface area (Å²) in [5.41, 5.74) is 0.426. The molecule has 0 bridgehead atoms. The number of hydrogen-bond donors (Lipinski definition) is 0. The van der Waals surface area contributed by atoms with Gasteiger partial charge in [-0.3, -0.25) is 9.80 Å². The number of ether oxygens (including phenoxy) is 1. The molecular weight excluding hydrogens is 383 g/mol. The van der Waals surface area contributed by atoms with Crippen LogP contribution in [0.4, 0.5) is 13.2 Å². The van der Waals surface area contributed by atoms with E-state index in [1.165, 1.54) is 6.07 Å². The number of alkyl halides is 3. The van der Waals surface area contributed by atoms with Crippen molar-refractivity contribution in [3.63, 3.8) is 0 Å². The lowest BCUT2D eigenvalue weighted by atomic mass is 10.1. The molecule has 29 heavy (non-hydrogen) atoms. The van der Waals surface area contributed by atoms with Gasteiger partial charge in [-0.05, 0) is 38.0 Å². The Bertz CT molecular complexity index is 823. The maximum atomic E-state index is 13.0. The van der Waals surface area contributed by atoms with Crippen LogP contribution < -0.4 is 0 Å². The zero-order valence-corrected chi connectivity index (χ0v) is 16.5. The van der Waals surface area contributed by atoms with Gasteiger partial charge >= 0.3 is 6.18 Å². The Labute approximate surface area is 168 Å². The van der Waals surface area contributed by atoms with Crippen LogP contribution in [0.2, 0.25) is 0 Å². The minimum absolute atomic E-state index is 0.237. The maximum absolute atomic E-state index is 13.0. The summed E-state index contributed by atoms with van der Waals surface area (Å²) in [6.45, 7) is 8.15. The molecule has 5 nitrogen and oxygen atoms in total. The highest BCUT2D eigenvalue weighted by molar-refractivity contribution is 5.55. The van der Waals surface area contributed by atoms with Crippen molar-refractivity contribution in [2.75, 3.05) is 39.3 Å². The van der Waals surface area contributed by atoms with E-state index in [-0.39, 0.29) is 5.89 Å². The van der Waals surface area contributed by atoms with Crippen LogP contribution >= 0.6 is 0 Å². The summed E-state index contributed by atoms with van der Waals surface area (Å²) in [6, 6.07) is 5.11. The highest BCUT2D eigenvalue weighted by atomic mass is 19.4. The molecule has 0 aliphatic carbocycles. The monoisotopic (exact) mass is 409 g/mol. The van der Waals surface area contributed by atoms with Gasteiger partial charge in [-0.1, -0.05) is 6.07 Å². The second-order valence-corrected chi connectivity index (χ2v) is 7.81. The normalized spacial score (nSPS) is 21.7. The first kappa shape index (κ1) is 20.4. The quantitative estimate of drug-likeness (QED) is 0.748. The zero-order valence-electron chi connectivity index (χ0n) is 16.5. The number of halogens is 3. The number of nitrogens with zero attached hydrogens (tertiary/aromatic N) is 3. The summed E-state index contributed by atoms with van der Waals surface area (Å²) in [5, 5.41) is 0. The molecule has 3 heterocycles. The number of hydrogen-bond acceptors (Lipinski definition) is 5. The molecule has 0 radical (unpaired) electrons. The van der Waals surface area contributed by atoms with E-state index in [2.05, 4.69) is 14.8 Å². The Balaban J connectivity index is 1.37. The minimum atomic E-state index is -4.39. The molecule has 1 aromatic heterocycles. The summed E-state index contributed by atoms with van der Waals surface area (Å²) < 4.78 is 50.3. The fourth-order valence-corrected chi connectivity index (χ4v) is 3.94. The molecule has 2 saturated heterocycles. The molecule has 8 heteroatoms. The molecule has 0 spiro atoms. The van der Waals surface area contributed by atoms with Gasteiger partial charge in [0.05, 0.1) is 17.4 Å². The van der Waals surface area contributed by atoms with Gasteiger partial charge in [-0.2, -0.15) is 13.2 Å². The van der Waals surface area contributed by atoms with Gasteiger partial charge in [-0.15, -0.1) is 0 Å². The molecule has 2 fully saturated rings. The molecule has 0 saturated carbocycles. The van der Waals surface area contributed by atoms with Crippen molar-refractivity contribution < 1.29 is 22.3 Å². The topological polar surface area (TPSA) is 41.7 Å². The molecule has 2 aliphatic heterocycles. The van der Waals surface area contributed by atoms with Crippen LogP contribution in [-0.4, -0.2) is 60.2 Å². The van der Waals surface area contributed by atoms with Crippen LogP contribution in [0.1, 0.15) is 29.9 Å². The lowest BCUT2D eigenvalue weighted by Gasteiger charge is -2.35. The number of aryl methyl sites for hydroxylation is 1. The highest BCUT2D eigenvalue weighted by Gasteiger charge is 2.31. The summed E-state index contributed by atoms with van der Waals surface area (Å²) in [7, 11) is 0. The molecule has 0 N–H and O–H groups in total. The molecule has 2 aliphatic rings. The summed E-state index contributed by atoms with van der Waals surface area (Å²) in [4.78, 5) is 9.24. The van der Waals surface area contributed by atoms with E-state index in [1.54, 1.807) is 6.07 Å². The standard InChI is InChI=1S/C21H26F3N3O2/c1-15-19(14-27-9-7-26(8-10-27)13-18-6-3-11-28-18)25-20(29-15)16-4-2-5-17(12-16)21(22,23)24/h2,4-5,12,18H,3,6-11,13-14H2,1H3. The molecule has 1 atom stereocenters. The van der Waals surface area contributed by atoms with Gasteiger partial charge in [-0.25, -0.2) is 4.98 Å². The van der Waals surface area contributed by atoms with Crippen molar-refractivity contribution in [1.29, 1.82) is 0 Å². The van der Waals surface area contributed by atoms with Gasteiger partial charge in [0.15, 0.2) is 0 Å². The van der Waals surface area contributed by atoms with Crippen LogP contribution in [0.15, 0.2) is 28.7 Å². The lowest BCUT2D eigenvalue weighted by molar-refractivity contribution is -0.137. The Morgan fingerprint density at radius 1 is 1.14 bits per heavy atom. The van der Waals surface area contributed by atoms with Crippen LogP contribution in [-0.2, 0) is 17.5 Å². The molecule has 1 aromatic carbocycles. The summed E-state index contributed by atoms with van der Waals surface area (Å²) >= 11 is 0. The van der Waals surface area contributed by atoms with Crippen LogP contribution in [0.3, 0.4) is 0 Å². The van der Waals surface area contributed by atoms with E-state index in [0.717, 1.165) is 70.0 Å². The van der Waals surface area contributed by atoms with E-state index >= 15 is 0 Å². The molecule has 158 valence electrons. The van der Waals surface area contributed by atoms with Crippen molar-refractivity contribution in [3.8, 4) is 11.5 Å². The SMILES string of the molecule is Cc1oc(-c2cccc(C(F)(F)F)c2)nc1CN1CCN(CC2CCCO2)CC1. The molecule has 0 amide bonds. The third-order valence-corrected chi connectivity index (χ3v) is 5.65. The molecule has 2 aromatic rings. The second kappa shape index (κ2) is 8.45. The molecule has 4 rings (SSSR count). The van der Waals surface area contributed by atoms with Crippen molar-refractivity contribution in [1.82, 2.24) is 14.8 Å². The summed E-state index contributed by atoms with van der Waals surface area (Å²) in [6.07, 6.45) is -1.71. The van der Waals surface area contributed by atoms with E-state index < -0.39 is 11.7 Å². The van der Waals surface area contributed by atoms with Gasteiger partial charge in [0, 0.05) is 51.4 Å². The predicted molar refractivity (Wildman–Crippen MR) is 102 cm³/mol. The number of rotatable bonds is 5. The van der Waals surface area contributed by atoms with E-state index in [1.807, 2.05) is 6.92 Å². The first-order valence-electron chi connectivity index (χ1n) is 10.1. The van der Waals surface area contributed by atoms with Crippen molar-refractivity contribution in [3.05, 3.63) is 41.3 Å². The van der Waals surface area contributed by atoms with Crippen LogP contribution in [0, 0.1) is 6.92 Å². The van der Waals surface area contributed by atoms with Crippen molar-refractivity contribution in [2.45, 2.75) is 38.6 Å². The largest absolute Gasteiger partial charge is 0.441 e. The number of aromatic nitrogens is 1. The van der Waals surface area contributed by atoms with E-state index in [9.17, 15) is 13.2 Å². The van der Waals surface area contributed by atoms with Crippen molar-refractivity contribution in [2.24, 2.45) is 0 Å². The van der Waals surface area contributed by atoms with Gasteiger partial charge < -0.3 is 9.15 Å². The average molecular weight is 409 g/mol. The number of benzene rings is 1. The third kappa shape index (κ3) is 4.99. The predicted octanol–water partition coefficient (Wildman–Crippen LogP) is 3.97. The molecule has 1 unspecified atom stereocenters. The van der Waals surface area contributed by atoms with E-state index in [4.69, 9.17) is 9.15 Å². The Morgan fingerprint density at radius 2 is 1.90 bits per heavy atom. The van der Waals surface area contributed by atoms with Gasteiger partial charge in [0.25, 0.3) is 0 Å². The lowest BCUT2D eigenvalue weighted by Crippen LogP contribution is -2.48. The van der Waals surface area contributed by atoms with Crippen LogP contribution in [0.25, 0.3) is 11.5 Å². The molecular formula is C21H26F3N3O2. The van der Waals surface area contributed by atoms with E-state index in [0.29, 0.717) is 24.0 Å². The third-order valence-electron chi connectivity index (χ3n) is 5.65. The zero-order chi connectivity index (χ0) is 20.4. The van der Waals surface area contributed by atoms with Crippen molar-refractivity contribution >= 4 is 0 Å². The van der Waals surface area contributed by atoms with Gasteiger partial charge in [0.2, 0.25) is 5.89 Å². The Morgan fingerprint density at radius 3 is 2.59 bits per heavy atom. The number of piperazine rings is 1. The fourth-order valence-electron chi connectivity index (χ4n) is 3.94. The first-order chi connectivity index (χ1) is 13.9. The highest BCUT2D eigenvalue weighted by Crippen LogP contribution is 2.32. The van der Waals surface area contributed by atoms with Gasteiger partial charge in [0.1, 0.15) is 5.76 Å². The Hall–Kier alpha value is -1.90. The Kier molecular flexibility index (Phi) is 5.94. The fraction of sp³-hybridized carbons (Fsp3) is 0.571. The number of oxazole rings is 1. The first-order valence-corrected chi connectivity index (χ1v) is 10.1. The smallest absolute Gasteiger partial charge is 0.416 e. The second-order valence-electron chi connectivity index (χ2n) is 7.81. The summed E-state index contributed by atoms with van der Waals surface area (Å²) in [5.74, 6) is 0.889.